The van der Waals surface area contributed by atoms with E-state index < -0.39 is 11.8 Å². The third kappa shape index (κ3) is 8.71. The van der Waals surface area contributed by atoms with Crippen molar-refractivity contribution in [3.05, 3.63) is 68.8 Å². The molecule has 2 atom stereocenters. The molecule has 0 aliphatic heterocycles. The van der Waals surface area contributed by atoms with E-state index in [9.17, 15) is 0 Å². The molecule has 0 amide bonds. The van der Waals surface area contributed by atoms with Gasteiger partial charge in [-0.3, -0.25) is 0 Å². The van der Waals surface area contributed by atoms with Gasteiger partial charge < -0.3 is 0 Å². The number of nitrogens with two attached hydrogens (primary N) is 2. The van der Waals surface area contributed by atoms with Gasteiger partial charge in [0.25, 0.3) is 0 Å². The van der Waals surface area contributed by atoms with Crippen molar-refractivity contribution < 1.29 is 11.8 Å². The van der Waals surface area contributed by atoms with Crippen molar-refractivity contribution in [1.82, 2.24) is 3.98 Å². The predicted molar refractivity (Wildman–Crippen MR) is 175 cm³/mol. The van der Waals surface area contributed by atoms with E-state index in [1.54, 1.807) is 0 Å². The fourth-order valence-corrected chi connectivity index (χ4v) is 7.01. The Labute approximate surface area is 259 Å². The summed E-state index contributed by atoms with van der Waals surface area (Å²) in [4.78, 5) is 0. The zero-order valence-corrected chi connectivity index (χ0v) is 29.5. The van der Waals surface area contributed by atoms with Gasteiger partial charge in [-0.2, -0.15) is 0 Å². The maximum absolute atomic E-state index is 7.07. The molecule has 0 aromatic heterocycles. The van der Waals surface area contributed by atoms with E-state index in [1.807, 2.05) is 0 Å². The first kappa shape index (κ1) is 35.6. The van der Waals surface area contributed by atoms with Gasteiger partial charge in [0.1, 0.15) is 0 Å². The Kier molecular flexibility index (Phi) is 13.5. The van der Waals surface area contributed by atoms with E-state index >= 15 is 0 Å². The van der Waals surface area contributed by atoms with Crippen LogP contribution in [-0.4, -0.2) is 17.1 Å². The van der Waals surface area contributed by atoms with E-state index in [-0.39, 0.29) is 12.1 Å². The molecule has 6 heteroatoms. The van der Waals surface area contributed by atoms with Crippen LogP contribution in [0.5, 0.6) is 0 Å². The van der Waals surface area contributed by atoms with Gasteiger partial charge in [-0.15, -0.1) is 0 Å². The number of benzene rings is 2. The third-order valence-corrected chi connectivity index (χ3v) is 10.1. The molecule has 2 unspecified atom stereocenters. The average Bonchev–Trinajstić information content (AvgIpc) is 2.85. The van der Waals surface area contributed by atoms with Crippen LogP contribution < -0.4 is 11.5 Å². The summed E-state index contributed by atoms with van der Waals surface area (Å²) in [7, 11) is 13.3. The van der Waals surface area contributed by atoms with Crippen LogP contribution in [0, 0.1) is 0 Å². The van der Waals surface area contributed by atoms with Crippen molar-refractivity contribution >= 4 is 20.4 Å². The molecule has 0 aliphatic rings. The third-order valence-electron chi connectivity index (χ3n) is 8.01. The van der Waals surface area contributed by atoms with Crippen molar-refractivity contribution in [2.75, 3.05) is 13.1 Å². The molecule has 0 fully saturated rings. The van der Waals surface area contributed by atoms with Crippen molar-refractivity contribution in [3.63, 3.8) is 0 Å². The van der Waals surface area contributed by atoms with Crippen LogP contribution in [0.2, 0.25) is 0 Å². The Bertz CT molecular complexity index is 967. The summed E-state index contributed by atoms with van der Waals surface area (Å²) in [6, 6.07) is 8.97. The SMILES string of the molecule is CC(C)c1cc(C(C)C)c(C(N)C[N](CC(N)c2c(C(C)C)cc(C(C)C)cc2C(C)C)[Ni]([Cl])[Cl])c(C(C)C)c1. The molecule has 2 aromatic carbocycles. The van der Waals surface area contributed by atoms with Crippen molar-refractivity contribution in [3.8, 4) is 0 Å². The molecule has 0 saturated heterocycles. The predicted octanol–water partition coefficient (Wildman–Crippen LogP) is 10.3. The molecule has 0 heterocycles. The summed E-state index contributed by atoms with van der Waals surface area (Å²) >= 11 is -1.17. The minimum atomic E-state index is -1.17. The van der Waals surface area contributed by atoms with Gasteiger partial charge in [-0.05, 0) is 0 Å². The van der Waals surface area contributed by atoms with E-state index in [1.165, 1.54) is 44.5 Å². The number of rotatable bonds is 13. The second kappa shape index (κ2) is 15.2. The molecule has 4 N–H and O–H groups in total. The topological polar surface area (TPSA) is 55.3 Å². The quantitative estimate of drug-likeness (QED) is 0.215. The Hall–Kier alpha value is -0.606. The van der Waals surface area contributed by atoms with Crippen LogP contribution >= 0.6 is 20.4 Å². The van der Waals surface area contributed by atoms with Crippen LogP contribution in [0.4, 0.5) is 0 Å². The van der Waals surface area contributed by atoms with Gasteiger partial charge in [-0.25, -0.2) is 0 Å². The van der Waals surface area contributed by atoms with Crippen LogP contribution in [0.3, 0.4) is 0 Å². The molecule has 2 aromatic rings. The van der Waals surface area contributed by atoms with Crippen molar-refractivity contribution in [1.29, 1.82) is 0 Å². The fraction of sp³-hybridized carbons (Fsp3) is 0.647. The number of halogens is 2. The zero-order chi connectivity index (χ0) is 30.6. The normalized spacial score (nSPS) is 14.5. The van der Waals surface area contributed by atoms with Crippen LogP contribution in [-0.2, 0) is 11.8 Å². The van der Waals surface area contributed by atoms with Gasteiger partial charge in [-0.1, -0.05) is 0 Å². The molecular weight excluding hydrogens is 580 g/mol. The number of hydrogen-bond acceptors (Lipinski definition) is 3. The molecule has 0 aliphatic carbocycles. The Morgan fingerprint density at radius 3 is 0.950 bits per heavy atom. The van der Waals surface area contributed by atoms with Gasteiger partial charge in [0.2, 0.25) is 0 Å². The first-order chi connectivity index (χ1) is 18.5. The molecule has 3 nitrogen and oxygen atoms in total. The zero-order valence-electron chi connectivity index (χ0n) is 27.0. The summed E-state index contributed by atoms with van der Waals surface area (Å²) < 4.78 is 2.09. The second-order valence-corrected chi connectivity index (χ2v) is 16.8. The van der Waals surface area contributed by atoms with Crippen LogP contribution in [0.15, 0.2) is 24.3 Å². The van der Waals surface area contributed by atoms with E-state index in [0.717, 1.165) is 0 Å². The van der Waals surface area contributed by atoms with Gasteiger partial charge in [0.15, 0.2) is 0 Å². The molecule has 231 valence electrons. The number of nitrogens with zero attached hydrogens (tertiary/aromatic N) is 1. The molecule has 0 radical (unpaired) electrons. The minimum absolute atomic E-state index is 0.225. The molecular formula is C34H56Cl2N3Ni. The number of hydrogen-bond donors (Lipinski definition) is 2. The first-order valence-corrected chi connectivity index (χ1v) is 18.2. The Morgan fingerprint density at radius 1 is 0.525 bits per heavy atom. The molecule has 0 spiro atoms. The fourth-order valence-electron chi connectivity index (χ4n) is 5.63. The van der Waals surface area contributed by atoms with Crippen LogP contribution in [0.25, 0.3) is 0 Å². The van der Waals surface area contributed by atoms with Gasteiger partial charge in [0, 0.05) is 0 Å². The maximum atomic E-state index is 7.07. The molecule has 40 heavy (non-hydrogen) atoms. The average molecular weight is 636 g/mol. The van der Waals surface area contributed by atoms with E-state index in [2.05, 4.69) is 111 Å². The first-order valence-electron chi connectivity index (χ1n) is 15.0. The summed E-state index contributed by atoms with van der Waals surface area (Å²) in [5.41, 5.74) is 24.6. The second-order valence-electron chi connectivity index (χ2n) is 13.3. The standard InChI is InChI=1S/C34H56N3.2ClH.Ni/c1-19(2)25-13-27(21(5)6)33(28(14-25)22(7)8)31(35)17-37-18-32(36)34-29(23(9)10)15-26(20(3)4)16-30(34)24(11)12;;;/h13-16,19-24,31-32H,17-18,35-36H2,1-12H3;2*1H;/q-1;;;+3/p-2. The molecule has 2 rings (SSSR count). The van der Waals surface area contributed by atoms with Crippen molar-refractivity contribution in [2.45, 2.75) is 131 Å². The summed E-state index contributed by atoms with van der Waals surface area (Å²) in [6.07, 6.45) is 0. The molecule has 0 saturated carbocycles. The monoisotopic (exact) mass is 634 g/mol. The summed E-state index contributed by atoms with van der Waals surface area (Å²) in [5.74, 6) is 2.36. The summed E-state index contributed by atoms with van der Waals surface area (Å²) in [6.45, 7) is 28.1. The Balaban J connectivity index is 2.55. The Morgan fingerprint density at radius 2 is 0.775 bits per heavy atom. The van der Waals surface area contributed by atoms with Crippen molar-refractivity contribution in [2.24, 2.45) is 11.5 Å². The van der Waals surface area contributed by atoms with Crippen LogP contribution in [0.1, 0.15) is 175 Å². The van der Waals surface area contributed by atoms with E-state index in [4.69, 9.17) is 31.9 Å². The van der Waals surface area contributed by atoms with E-state index in [0.29, 0.717) is 48.6 Å². The summed E-state index contributed by atoms with van der Waals surface area (Å²) in [5, 5.41) is 0. The molecule has 0 bridgehead atoms. The van der Waals surface area contributed by atoms with Gasteiger partial charge >= 0.3 is 260 Å². The van der Waals surface area contributed by atoms with Gasteiger partial charge in [0.05, 0.1) is 0 Å².